The van der Waals surface area contributed by atoms with Gasteiger partial charge in [-0.3, -0.25) is 9.98 Å². The predicted octanol–water partition coefficient (Wildman–Crippen LogP) is -3.82. The molecule has 0 unspecified atom stereocenters. The van der Waals surface area contributed by atoms with Crippen molar-refractivity contribution in [3.8, 4) is 0 Å². The molecule has 124 valence electrons. The van der Waals surface area contributed by atoms with E-state index in [0.29, 0.717) is 0 Å². The number of rotatable bonds is 10. The van der Waals surface area contributed by atoms with Crippen LogP contribution in [0.2, 0.25) is 12.1 Å². The van der Waals surface area contributed by atoms with Gasteiger partial charge in [-0.15, -0.1) is 0 Å². The molecule has 0 fully saturated rings. The Morgan fingerprint density at radius 3 is 1.38 bits per heavy atom. The average Bonchev–Trinajstić information content (AvgIpc) is 2.28. The van der Waals surface area contributed by atoms with Gasteiger partial charge in [-0.2, -0.15) is 0 Å². The van der Waals surface area contributed by atoms with Crippen LogP contribution in [0.5, 0.6) is 0 Å². The van der Waals surface area contributed by atoms with Crippen molar-refractivity contribution < 1.29 is 23.3 Å². The Labute approximate surface area is 124 Å². The highest BCUT2D eigenvalue weighted by atomic mass is 28.5. The molecule has 0 saturated heterocycles. The Bertz CT molecular complexity index is 336. The summed E-state index contributed by atoms with van der Waals surface area (Å²) in [6, 6.07) is -0.291. The number of nitrogens with two attached hydrogens (primary N) is 4. The number of aliphatic imine (C=N–C) groups is 2. The van der Waals surface area contributed by atoms with E-state index >= 15 is 0 Å². The molecule has 0 aromatic heterocycles. The molecule has 0 aromatic carbocycles. The molecule has 0 rings (SSSR count). The topological polar surface area (TPSA) is 219 Å². The van der Waals surface area contributed by atoms with Crippen LogP contribution in [-0.2, 0) is 4.12 Å². The second-order valence-electron chi connectivity index (χ2n) is 4.41. The van der Waals surface area contributed by atoms with Crippen molar-refractivity contribution in [3.63, 3.8) is 0 Å². The van der Waals surface area contributed by atoms with Gasteiger partial charge in [0.25, 0.3) is 0 Å². The molecule has 12 N–H and O–H groups in total. The summed E-state index contributed by atoms with van der Waals surface area (Å²) in [6.45, 7) is 0.384. The van der Waals surface area contributed by atoms with Crippen LogP contribution in [0.1, 0.15) is 12.8 Å². The highest BCUT2D eigenvalue weighted by Crippen LogP contribution is 2.16. The van der Waals surface area contributed by atoms with Crippen LogP contribution >= 0.6 is 0 Å². The van der Waals surface area contributed by atoms with Crippen LogP contribution < -0.4 is 22.9 Å². The van der Waals surface area contributed by atoms with Crippen molar-refractivity contribution >= 4 is 29.5 Å². The smallest absolute Gasteiger partial charge is 0.390 e. The predicted molar refractivity (Wildman–Crippen MR) is 81.7 cm³/mol. The van der Waals surface area contributed by atoms with Gasteiger partial charge >= 0.3 is 17.6 Å². The third-order valence-electron chi connectivity index (χ3n) is 2.24. The molecule has 0 radical (unpaired) electrons. The Morgan fingerprint density at radius 2 is 1.10 bits per heavy atom. The second-order valence-corrected chi connectivity index (χ2v) is 9.20. The van der Waals surface area contributed by atoms with Gasteiger partial charge in [-0.25, -0.2) is 0 Å². The van der Waals surface area contributed by atoms with Crippen molar-refractivity contribution in [1.82, 2.24) is 0 Å². The molecule has 0 amide bonds. The summed E-state index contributed by atoms with van der Waals surface area (Å²) in [7, 11) is -8.33. The summed E-state index contributed by atoms with van der Waals surface area (Å²) in [6.07, 6.45) is 0.491. The van der Waals surface area contributed by atoms with Gasteiger partial charge in [0.15, 0.2) is 11.9 Å². The van der Waals surface area contributed by atoms with E-state index < -0.39 is 17.6 Å². The van der Waals surface area contributed by atoms with Crippen LogP contribution in [0.4, 0.5) is 0 Å². The molecular weight excluding hydrogens is 316 g/mol. The zero-order chi connectivity index (χ0) is 16.5. The maximum Gasteiger partial charge on any atom is 0.488 e. The quantitative estimate of drug-likeness (QED) is 0.0843. The standard InChI is InChI=1S/C8H24N6O5Si2/c9-7(10)13-3-1-5-20(15,16)19-21(17,18)6-2-4-14-8(11)12/h15-18H,1-6H2,(H4,9,10,13)(H4,11,12,14). The van der Waals surface area contributed by atoms with Gasteiger partial charge in [0, 0.05) is 25.2 Å². The van der Waals surface area contributed by atoms with Gasteiger partial charge in [-0.05, 0) is 12.8 Å². The van der Waals surface area contributed by atoms with E-state index in [0.717, 1.165) is 0 Å². The first kappa shape index (κ1) is 19.8. The lowest BCUT2D eigenvalue weighted by Gasteiger charge is -2.25. The van der Waals surface area contributed by atoms with Crippen molar-refractivity contribution in [3.05, 3.63) is 0 Å². The van der Waals surface area contributed by atoms with E-state index in [-0.39, 0.29) is 49.9 Å². The summed E-state index contributed by atoms with van der Waals surface area (Å²) in [5.74, 6) is -0.210. The number of hydrogen-bond donors (Lipinski definition) is 8. The molecule has 21 heavy (non-hydrogen) atoms. The number of hydrogen-bond acceptors (Lipinski definition) is 7. The summed E-state index contributed by atoms with van der Waals surface area (Å²) in [5.41, 5.74) is 20.5. The SMILES string of the molecule is NC(N)=NCCC[Si](O)(O)O[Si](O)(O)CCCN=C(N)N. The third-order valence-corrected chi connectivity index (χ3v) is 6.86. The molecule has 11 nitrogen and oxygen atoms in total. The van der Waals surface area contributed by atoms with Crippen LogP contribution in [0.3, 0.4) is 0 Å². The Morgan fingerprint density at radius 1 is 0.762 bits per heavy atom. The summed E-state index contributed by atoms with van der Waals surface area (Å²) >= 11 is 0. The van der Waals surface area contributed by atoms with Gasteiger partial charge < -0.3 is 46.2 Å². The minimum Gasteiger partial charge on any atom is -0.390 e. The molecule has 0 spiro atoms. The highest BCUT2D eigenvalue weighted by molar-refractivity contribution is 6.72. The minimum absolute atomic E-state index is 0.105. The average molecular weight is 340 g/mol. The lowest BCUT2D eigenvalue weighted by molar-refractivity contribution is 0.153. The molecule has 13 heteroatoms. The van der Waals surface area contributed by atoms with E-state index in [1.807, 2.05) is 0 Å². The molecule has 0 aliphatic heterocycles. The van der Waals surface area contributed by atoms with Gasteiger partial charge in [-0.1, -0.05) is 0 Å². The molecule has 0 aromatic rings. The van der Waals surface area contributed by atoms with Gasteiger partial charge in [0.05, 0.1) is 0 Å². The zero-order valence-electron chi connectivity index (χ0n) is 11.6. The third kappa shape index (κ3) is 12.2. The molecule has 0 aliphatic carbocycles. The van der Waals surface area contributed by atoms with Crippen molar-refractivity contribution in [2.45, 2.75) is 24.9 Å². The largest absolute Gasteiger partial charge is 0.488 e. The lowest BCUT2D eigenvalue weighted by atomic mass is 10.5. The molecule has 0 saturated carbocycles. The lowest BCUT2D eigenvalue weighted by Crippen LogP contribution is -2.53. The van der Waals surface area contributed by atoms with Gasteiger partial charge in [0.2, 0.25) is 0 Å². The van der Waals surface area contributed by atoms with Crippen molar-refractivity contribution in [2.75, 3.05) is 13.1 Å². The molecule has 0 heterocycles. The minimum atomic E-state index is -4.17. The fourth-order valence-electron chi connectivity index (χ4n) is 1.40. The summed E-state index contributed by atoms with van der Waals surface area (Å²) in [5, 5.41) is 0. The summed E-state index contributed by atoms with van der Waals surface area (Å²) in [4.78, 5) is 46.0. The molecule has 0 aliphatic rings. The first-order valence-corrected chi connectivity index (χ1v) is 10.3. The summed E-state index contributed by atoms with van der Waals surface area (Å²) < 4.78 is 4.72. The van der Waals surface area contributed by atoms with Crippen LogP contribution in [0.25, 0.3) is 0 Å². The first-order valence-electron chi connectivity index (χ1n) is 6.24. The fourth-order valence-corrected chi connectivity index (χ4v) is 5.55. The zero-order valence-corrected chi connectivity index (χ0v) is 13.6. The van der Waals surface area contributed by atoms with E-state index in [4.69, 9.17) is 27.0 Å². The van der Waals surface area contributed by atoms with Crippen molar-refractivity contribution in [1.29, 1.82) is 0 Å². The number of nitrogens with zero attached hydrogens (tertiary/aromatic N) is 2. The van der Waals surface area contributed by atoms with E-state index in [1.165, 1.54) is 0 Å². The molecular formula is C8H24N6O5Si2. The molecule has 0 bridgehead atoms. The van der Waals surface area contributed by atoms with Gasteiger partial charge in [0.1, 0.15) is 0 Å². The Kier molecular flexibility index (Phi) is 8.41. The second kappa shape index (κ2) is 8.93. The van der Waals surface area contributed by atoms with E-state index in [1.54, 1.807) is 0 Å². The van der Waals surface area contributed by atoms with Crippen LogP contribution in [0, 0.1) is 0 Å². The normalized spacial score (nSPS) is 12.0. The van der Waals surface area contributed by atoms with Crippen LogP contribution in [0.15, 0.2) is 9.98 Å². The first-order chi connectivity index (χ1) is 9.54. The van der Waals surface area contributed by atoms with E-state index in [9.17, 15) is 19.2 Å². The Balaban J connectivity index is 4.15. The monoisotopic (exact) mass is 340 g/mol. The molecule has 0 atom stereocenters. The van der Waals surface area contributed by atoms with Crippen LogP contribution in [-0.4, -0.2) is 61.8 Å². The highest BCUT2D eigenvalue weighted by Gasteiger charge is 2.44. The maximum absolute atomic E-state index is 9.67. The number of guanidine groups is 2. The maximum atomic E-state index is 9.67. The fraction of sp³-hybridized carbons (Fsp3) is 0.750. The van der Waals surface area contributed by atoms with E-state index in [2.05, 4.69) is 9.98 Å². The Hall–Kier alpha value is -1.23. The van der Waals surface area contributed by atoms with Crippen molar-refractivity contribution in [2.24, 2.45) is 32.9 Å².